The number of fused-ring (bicyclic) bond motifs is 3. The second kappa shape index (κ2) is 10.3. The molecule has 206 valence electrons. The third kappa shape index (κ3) is 4.40. The molecule has 10 heteroatoms. The Hall–Kier alpha value is -3.98. The summed E-state index contributed by atoms with van der Waals surface area (Å²) in [6.45, 7) is 0.427. The fraction of sp³-hybridized carbons (Fsp3) is 0.345. The Kier molecular flexibility index (Phi) is 7.03. The predicted octanol–water partition coefficient (Wildman–Crippen LogP) is 4.71. The minimum Gasteiger partial charge on any atom is -0.502 e. The van der Waals surface area contributed by atoms with Crippen molar-refractivity contribution < 1.29 is 33.6 Å². The highest BCUT2D eigenvalue weighted by molar-refractivity contribution is 5.85. The van der Waals surface area contributed by atoms with E-state index >= 15 is 0 Å². The number of benzene rings is 3. The van der Waals surface area contributed by atoms with Crippen molar-refractivity contribution in [1.82, 2.24) is 0 Å². The molecule has 9 nitrogen and oxygen atoms in total. The zero-order chi connectivity index (χ0) is 26.6. The lowest BCUT2D eigenvalue weighted by Gasteiger charge is -2.40. The number of aromatic hydroxyl groups is 1. The fourth-order valence-electron chi connectivity index (χ4n) is 5.88. The van der Waals surface area contributed by atoms with Crippen LogP contribution in [0.3, 0.4) is 0 Å². The molecule has 0 radical (unpaired) electrons. The molecule has 1 aliphatic carbocycles. The second-order valence-electron chi connectivity index (χ2n) is 9.97. The molecule has 39 heavy (non-hydrogen) atoms. The van der Waals surface area contributed by atoms with Gasteiger partial charge in [-0.15, -0.1) is 12.4 Å². The van der Waals surface area contributed by atoms with E-state index in [1.54, 1.807) is 12.1 Å². The molecule has 3 aromatic rings. The van der Waals surface area contributed by atoms with Crippen LogP contribution >= 0.6 is 12.4 Å². The van der Waals surface area contributed by atoms with Crippen LogP contribution in [0.2, 0.25) is 0 Å². The SMILES string of the molecule is COc1cc([C@@H]2c3cc4c(cc3[C@@H](Nc3ccc(N(C)C)cc3)[C@H]3COC(=O)[C@H]23)OCO4)cc(OC)c1O.Cl. The van der Waals surface area contributed by atoms with Crippen LogP contribution in [0, 0.1) is 11.8 Å². The zero-order valence-electron chi connectivity index (χ0n) is 22.1. The number of methoxy groups -OCH3 is 2. The minimum atomic E-state index is -0.472. The first-order valence-corrected chi connectivity index (χ1v) is 12.5. The van der Waals surface area contributed by atoms with Gasteiger partial charge in [0.15, 0.2) is 23.0 Å². The van der Waals surface area contributed by atoms with E-state index in [0.717, 1.165) is 28.1 Å². The van der Waals surface area contributed by atoms with E-state index in [1.165, 1.54) is 14.2 Å². The number of nitrogens with one attached hydrogen (secondary N) is 1. The maximum Gasteiger partial charge on any atom is 0.310 e. The van der Waals surface area contributed by atoms with Crippen LogP contribution in [0.1, 0.15) is 28.7 Å². The number of hydrogen-bond acceptors (Lipinski definition) is 9. The van der Waals surface area contributed by atoms with Crippen LogP contribution in [-0.2, 0) is 9.53 Å². The van der Waals surface area contributed by atoms with Gasteiger partial charge in [-0.3, -0.25) is 4.79 Å². The van der Waals surface area contributed by atoms with Crippen molar-refractivity contribution >= 4 is 29.8 Å². The standard InChI is InChI=1S/C29H30N2O7.ClH/c1-31(2)17-7-5-16(6-8-17)30-27-19-12-22-21(37-14-38-22)11-18(19)25(26-20(27)13-36-29(26)33)15-9-23(34-3)28(32)24(10-15)35-4;/h5-12,20,25-27,30,32H,13-14H2,1-4H3;1H/t20-,25+,26-,27+;/m0./s1. The zero-order valence-corrected chi connectivity index (χ0v) is 22.9. The van der Waals surface area contributed by atoms with Crippen molar-refractivity contribution in [1.29, 1.82) is 0 Å². The Morgan fingerprint density at radius 3 is 2.13 bits per heavy atom. The number of nitrogens with zero attached hydrogens (tertiary/aromatic N) is 1. The van der Waals surface area contributed by atoms with Crippen molar-refractivity contribution in [3.63, 3.8) is 0 Å². The predicted molar refractivity (Wildman–Crippen MR) is 148 cm³/mol. The first kappa shape index (κ1) is 26.6. The number of phenols is 1. The van der Waals surface area contributed by atoms with Crippen LogP contribution < -0.4 is 29.2 Å². The summed E-state index contributed by atoms with van der Waals surface area (Å²) in [5, 5.41) is 14.2. The Labute approximate surface area is 233 Å². The number of anilines is 2. The molecule has 2 heterocycles. The summed E-state index contributed by atoms with van der Waals surface area (Å²) in [4.78, 5) is 15.4. The number of carbonyl (C=O) groups excluding carboxylic acids is 1. The van der Waals surface area contributed by atoms with Crippen LogP contribution in [-0.4, -0.2) is 52.8 Å². The topological polar surface area (TPSA) is 98.7 Å². The Balaban J connectivity index is 0.00000308. The highest BCUT2D eigenvalue weighted by Gasteiger charge is 2.52. The first-order valence-electron chi connectivity index (χ1n) is 12.5. The summed E-state index contributed by atoms with van der Waals surface area (Å²) in [6, 6.07) is 15.4. The lowest BCUT2D eigenvalue weighted by atomic mass is 9.65. The Bertz CT molecular complexity index is 1370. The van der Waals surface area contributed by atoms with Gasteiger partial charge in [0.1, 0.15) is 0 Å². The van der Waals surface area contributed by atoms with E-state index in [4.69, 9.17) is 23.7 Å². The molecule has 0 spiro atoms. The summed E-state index contributed by atoms with van der Waals surface area (Å²) >= 11 is 0. The summed E-state index contributed by atoms with van der Waals surface area (Å²) in [7, 11) is 6.97. The maximum absolute atomic E-state index is 13.3. The monoisotopic (exact) mass is 554 g/mol. The van der Waals surface area contributed by atoms with Gasteiger partial charge in [-0.2, -0.15) is 0 Å². The number of phenolic OH excluding ortho intramolecular Hbond substituents is 1. The normalized spacial score (nSPS) is 22.2. The number of rotatable bonds is 6. The number of halogens is 1. The van der Waals surface area contributed by atoms with Crippen molar-refractivity contribution in [2.75, 3.05) is 51.9 Å². The number of carbonyl (C=O) groups is 1. The van der Waals surface area contributed by atoms with Crippen molar-refractivity contribution in [2.45, 2.75) is 12.0 Å². The van der Waals surface area contributed by atoms with E-state index in [1.807, 2.05) is 43.3 Å². The Morgan fingerprint density at radius 1 is 0.923 bits per heavy atom. The van der Waals surface area contributed by atoms with Gasteiger partial charge < -0.3 is 39.0 Å². The van der Waals surface area contributed by atoms with E-state index in [-0.39, 0.29) is 66.9 Å². The fourth-order valence-corrected chi connectivity index (χ4v) is 5.88. The second-order valence-corrected chi connectivity index (χ2v) is 9.97. The molecule has 2 N–H and O–H groups in total. The van der Waals surface area contributed by atoms with Gasteiger partial charge in [0.2, 0.25) is 12.5 Å². The van der Waals surface area contributed by atoms with Gasteiger partial charge >= 0.3 is 5.97 Å². The summed E-state index contributed by atoms with van der Waals surface area (Å²) in [5.41, 5.74) is 4.73. The van der Waals surface area contributed by atoms with Gasteiger partial charge in [-0.05, 0) is 65.2 Å². The van der Waals surface area contributed by atoms with Crippen LogP contribution in [0.4, 0.5) is 11.4 Å². The molecule has 3 aromatic carbocycles. The third-order valence-electron chi connectivity index (χ3n) is 7.75. The number of ether oxygens (including phenoxy) is 5. The van der Waals surface area contributed by atoms with Gasteiger partial charge in [0.05, 0.1) is 32.8 Å². The molecule has 1 fully saturated rings. The molecule has 0 saturated carbocycles. The van der Waals surface area contributed by atoms with E-state index in [9.17, 15) is 9.90 Å². The van der Waals surface area contributed by atoms with Gasteiger partial charge in [0.25, 0.3) is 0 Å². The van der Waals surface area contributed by atoms with Crippen LogP contribution in [0.15, 0.2) is 48.5 Å². The van der Waals surface area contributed by atoms with Crippen molar-refractivity contribution in [3.8, 4) is 28.7 Å². The van der Waals surface area contributed by atoms with Gasteiger partial charge in [-0.25, -0.2) is 0 Å². The average molecular weight is 555 g/mol. The van der Waals surface area contributed by atoms with Crippen LogP contribution in [0.25, 0.3) is 0 Å². The lowest BCUT2D eigenvalue weighted by molar-refractivity contribution is -0.141. The van der Waals surface area contributed by atoms with E-state index < -0.39 is 5.92 Å². The maximum atomic E-state index is 13.3. The quantitative estimate of drug-likeness (QED) is 0.420. The van der Waals surface area contributed by atoms with Crippen LogP contribution in [0.5, 0.6) is 28.7 Å². The smallest absolute Gasteiger partial charge is 0.310 e. The molecule has 3 aliphatic rings. The molecule has 0 bridgehead atoms. The van der Waals surface area contributed by atoms with Crippen molar-refractivity contribution in [2.24, 2.45) is 11.8 Å². The molecular weight excluding hydrogens is 524 g/mol. The molecular formula is C29H31ClN2O7. The Morgan fingerprint density at radius 2 is 1.54 bits per heavy atom. The number of cyclic esters (lactones) is 1. The molecule has 0 amide bonds. The summed E-state index contributed by atoms with van der Waals surface area (Å²) < 4.78 is 28.0. The summed E-state index contributed by atoms with van der Waals surface area (Å²) in [5.74, 6) is 0.483. The average Bonchev–Trinajstić information content (AvgIpc) is 3.54. The van der Waals surface area contributed by atoms with E-state index in [2.05, 4.69) is 17.4 Å². The lowest BCUT2D eigenvalue weighted by Crippen LogP contribution is -2.37. The highest BCUT2D eigenvalue weighted by atomic mass is 35.5. The number of esters is 1. The van der Waals surface area contributed by atoms with Crippen molar-refractivity contribution in [3.05, 3.63) is 65.2 Å². The molecule has 6 rings (SSSR count). The largest absolute Gasteiger partial charge is 0.502 e. The first-order chi connectivity index (χ1) is 18.4. The molecule has 1 saturated heterocycles. The van der Waals surface area contributed by atoms with Gasteiger partial charge in [-0.1, -0.05) is 0 Å². The molecule has 0 aromatic heterocycles. The molecule has 4 atom stereocenters. The summed E-state index contributed by atoms with van der Waals surface area (Å²) in [6.07, 6.45) is 0. The van der Waals surface area contributed by atoms with Gasteiger partial charge in [0, 0.05) is 37.3 Å². The molecule has 2 aliphatic heterocycles. The highest BCUT2D eigenvalue weighted by Crippen LogP contribution is 2.56. The third-order valence-corrected chi connectivity index (χ3v) is 7.75. The molecule has 0 unspecified atom stereocenters. The number of hydrogen-bond donors (Lipinski definition) is 2. The van der Waals surface area contributed by atoms with E-state index in [0.29, 0.717) is 11.5 Å². The minimum absolute atomic E-state index is 0.